The van der Waals surface area contributed by atoms with Gasteiger partial charge >= 0.3 is 5.82 Å². The molecule has 8 nitrogen and oxygen atoms in total. The third-order valence-electron chi connectivity index (χ3n) is 2.95. The monoisotopic (exact) mass is 357 g/mol. The third kappa shape index (κ3) is 4.68. The first-order valence-corrected chi connectivity index (χ1v) is 7.39. The number of nitrogens with two attached hydrogens (primary N) is 1. The summed E-state index contributed by atoms with van der Waals surface area (Å²) in [5.41, 5.74) is 2.99. The Labute approximate surface area is 143 Å². The van der Waals surface area contributed by atoms with Gasteiger partial charge in [0.15, 0.2) is 5.03 Å². The van der Waals surface area contributed by atoms with Gasteiger partial charge < -0.3 is 10.1 Å². The van der Waals surface area contributed by atoms with E-state index in [1.54, 1.807) is 11.5 Å². The molecule has 0 saturated heterocycles. The highest BCUT2D eigenvalue weighted by molar-refractivity contribution is 8.00. The number of benzene rings is 1. The van der Waals surface area contributed by atoms with Crippen LogP contribution in [0.1, 0.15) is 11.4 Å². The van der Waals surface area contributed by atoms with Crippen LogP contribution in [0.2, 0.25) is 0 Å². The summed E-state index contributed by atoms with van der Waals surface area (Å²) in [4.78, 5) is 25.9. The lowest BCUT2D eigenvalue weighted by molar-refractivity contribution is -0.392. The highest BCUT2D eigenvalue weighted by Gasteiger charge is 2.26. The van der Waals surface area contributed by atoms with Crippen LogP contribution >= 0.6 is 24.2 Å². The lowest BCUT2D eigenvalue weighted by Gasteiger charge is -2.08. The van der Waals surface area contributed by atoms with Crippen molar-refractivity contribution in [2.45, 2.75) is 18.5 Å². The number of hydrogen-bond donors (Lipinski definition) is 2. The van der Waals surface area contributed by atoms with Gasteiger partial charge in [-0.1, -0.05) is 42.1 Å². The van der Waals surface area contributed by atoms with Crippen LogP contribution in [0.5, 0.6) is 0 Å². The van der Waals surface area contributed by atoms with E-state index < -0.39 is 10.8 Å². The fraction of sp³-hybridized carbons (Fsp3) is 0.231. The largest absolute Gasteiger partial charge is 0.396 e. The van der Waals surface area contributed by atoms with Gasteiger partial charge in [-0.3, -0.25) is 14.8 Å². The molecule has 0 aliphatic carbocycles. The number of nitro groups is 1. The summed E-state index contributed by atoms with van der Waals surface area (Å²) in [6.45, 7) is 2.14. The minimum Gasteiger partial charge on any atom is -0.358 e. The molecule has 0 radical (unpaired) electrons. The van der Waals surface area contributed by atoms with Gasteiger partial charge in [-0.25, -0.2) is 5.84 Å². The molecular weight excluding hydrogens is 342 g/mol. The van der Waals surface area contributed by atoms with E-state index in [4.69, 9.17) is 5.84 Å². The van der Waals surface area contributed by atoms with E-state index in [0.29, 0.717) is 17.4 Å². The molecule has 0 bridgehead atoms. The molecular formula is C13H16ClN5O3S. The van der Waals surface area contributed by atoms with Crippen molar-refractivity contribution in [2.24, 2.45) is 5.84 Å². The number of rotatable bonds is 6. The molecule has 1 aromatic heterocycles. The van der Waals surface area contributed by atoms with Crippen molar-refractivity contribution in [3.8, 4) is 0 Å². The number of amides is 1. The van der Waals surface area contributed by atoms with Crippen LogP contribution in [0, 0.1) is 17.0 Å². The van der Waals surface area contributed by atoms with Crippen LogP contribution in [0.3, 0.4) is 0 Å². The summed E-state index contributed by atoms with van der Waals surface area (Å²) < 4.78 is 1.72. The Kier molecular flexibility index (Phi) is 7.01. The quantitative estimate of drug-likeness (QED) is 0.267. The zero-order valence-corrected chi connectivity index (χ0v) is 13.9. The van der Waals surface area contributed by atoms with E-state index in [2.05, 4.69) is 4.98 Å². The van der Waals surface area contributed by atoms with Crippen molar-refractivity contribution in [3.05, 3.63) is 51.8 Å². The number of imidazole rings is 1. The summed E-state index contributed by atoms with van der Waals surface area (Å²) in [6.07, 6.45) is 0. The number of nitrogens with zero attached hydrogens (tertiary/aromatic N) is 3. The van der Waals surface area contributed by atoms with Gasteiger partial charge in [0.1, 0.15) is 0 Å². The number of carbonyl (C=O) groups excluding carboxylic acids is 1. The van der Waals surface area contributed by atoms with Gasteiger partial charge in [0, 0.05) is 6.92 Å². The Morgan fingerprint density at radius 3 is 2.65 bits per heavy atom. The molecule has 2 rings (SSSR count). The number of hydrogen-bond acceptors (Lipinski definition) is 6. The molecule has 0 fully saturated rings. The fourth-order valence-electron chi connectivity index (χ4n) is 1.92. The maximum atomic E-state index is 11.3. The fourth-order valence-corrected chi connectivity index (χ4v) is 2.87. The first-order valence-electron chi connectivity index (χ1n) is 6.40. The Balaban J connectivity index is 0.00000264. The molecule has 10 heteroatoms. The summed E-state index contributed by atoms with van der Waals surface area (Å²) in [7, 11) is 0. The molecule has 1 amide bonds. The van der Waals surface area contributed by atoms with Gasteiger partial charge in [0.25, 0.3) is 0 Å². The third-order valence-corrected chi connectivity index (χ3v) is 4.04. The number of aromatic nitrogens is 2. The van der Waals surface area contributed by atoms with Crippen LogP contribution in [-0.4, -0.2) is 26.1 Å². The molecule has 2 aromatic rings. The van der Waals surface area contributed by atoms with E-state index in [1.165, 1.54) is 0 Å². The summed E-state index contributed by atoms with van der Waals surface area (Å²) in [5, 5.41) is 11.5. The van der Waals surface area contributed by atoms with E-state index in [1.807, 2.05) is 35.8 Å². The number of thioether (sulfide) groups is 1. The minimum absolute atomic E-state index is 0. The molecule has 0 unspecified atom stereocenters. The zero-order chi connectivity index (χ0) is 16.1. The maximum absolute atomic E-state index is 11.3. The maximum Gasteiger partial charge on any atom is 0.396 e. The van der Waals surface area contributed by atoms with Crippen LogP contribution in [-0.2, 0) is 11.3 Å². The average Bonchev–Trinajstić information content (AvgIpc) is 2.82. The van der Waals surface area contributed by atoms with Crippen LogP contribution in [0.4, 0.5) is 5.82 Å². The number of hydrazine groups is 1. The van der Waals surface area contributed by atoms with E-state index in [-0.39, 0.29) is 24.0 Å². The second-order valence-corrected chi connectivity index (χ2v) is 5.44. The second kappa shape index (κ2) is 8.51. The van der Waals surface area contributed by atoms with Crippen LogP contribution < -0.4 is 11.3 Å². The summed E-state index contributed by atoms with van der Waals surface area (Å²) in [5.74, 6) is 4.88. The predicted molar refractivity (Wildman–Crippen MR) is 89.5 cm³/mol. The minimum atomic E-state index is -0.544. The lowest BCUT2D eigenvalue weighted by Crippen LogP contribution is -2.31. The van der Waals surface area contributed by atoms with Gasteiger partial charge in [-0.2, -0.15) is 0 Å². The molecule has 124 valence electrons. The molecule has 0 aliphatic heterocycles. The zero-order valence-electron chi connectivity index (χ0n) is 12.3. The summed E-state index contributed by atoms with van der Waals surface area (Å²) in [6, 6.07) is 9.53. The van der Waals surface area contributed by atoms with Crippen molar-refractivity contribution in [2.75, 3.05) is 5.75 Å². The van der Waals surface area contributed by atoms with Crippen LogP contribution in [0.15, 0.2) is 35.4 Å². The standard InChI is InChI=1S/C13H15N5O3S.ClH/c1-9-15-12(18(20)21)13(22-8-11(19)16-14)17(9)7-10-5-3-2-4-6-10;/h2-6H,7-8,14H2,1H3,(H,16,19);1H. The number of carbonyl (C=O) groups is 1. The van der Waals surface area contributed by atoms with Crippen molar-refractivity contribution in [1.29, 1.82) is 0 Å². The molecule has 3 N–H and O–H groups in total. The molecule has 0 aliphatic rings. The van der Waals surface area contributed by atoms with Gasteiger partial charge in [-0.15, -0.1) is 12.4 Å². The number of halogens is 1. The van der Waals surface area contributed by atoms with Crippen molar-refractivity contribution in [1.82, 2.24) is 15.0 Å². The van der Waals surface area contributed by atoms with Crippen molar-refractivity contribution < 1.29 is 9.72 Å². The number of nitrogens with one attached hydrogen (secondary N) is 1. The molecule has 23 heavy (non-hydrogen) atoms. The predicted octanol–water partition coefficient (Wildman–Crippen LogP) is 1.65. The van der Waals surface area contributed by atoms with Crippen LogP contribution in [0.25, 0.3) is 0 Å². The van der Waals surface area contributed by atoms with Gasteiger partial charge in [0.05, 0.1) is 12.3 Å². The van der Waals surface area contributed by atoms with E-state index in [0.717, 1.165) is 17.3 Å². The smallest absolute Gasteiger partial charge is 0.358 e. The number of aryl methyl sites for hydroxylation is 1. The van der Waals surface area contributed by atoms with Gasteiger partial charge in [-0.05, 0) is 15.5 Å². The first kappa shape index (κ1) is 18.9. The SMILES string of the molecule is Cc1nc([N+](=O)[O-])c(SCC(=O)NN)n1Cc1ccccc1.Cl. The van der Waals surface area contributed by atoms with Crippen molar-refractivity contribution >= 4 is 35.9 Å². The first-order chi connectivity index (χ1) is 10.5. The summed E-state index contributed by atoms with van der Waals surface area (Å²) >= 11 is 1.04. The van der Waals surface area contributed by atoms with E-state index in [9.17, 15) is 14.9 Å². The molecule has 0 saturated carbocycles. The Morgan fingerprint density at radius 1 is 1.43 bits per heavy atom. The molecule has 1 heterocycles. The normalized spacial score (nSPS) is 10.0. The lowest BCUT2D eigenvalue weighted by atomic mass is 10.2. The molecule has 0 atom stereocenters. The molecule has 0 spiro atoms. The van der Waals surface area contributed by atoms with Crippen molar-refractivity contribution in [3.63, 3.8) is 0 Å². The Bertz CT molecular complexity index is 692. The topological polar surface area (TPSA) is 116 Å². The highest BCUT2D eigenvalue weighted by atomic mass is 35.5. The van der Waals surface area contributed by atoms with Gasteiger partial charge in [0.2, 0.25) is 11.7 Å². The highest BCUT2D eigenvalue weighted by Crippen LogP contribution is 2.30. The average molecular weight is 358 g/mol. The molecule has 1 aromatic carbocycles. The Hall–Kier alpha value is -2.10. The Morgan fingerprint density at radius 2 is 2.09 bits per heavy atom. The second-order valence-electron chi connectivity index (χ2n) is 4.47. The van der Waals surface area contributed by atoms with E-state index >= 15 is 0 Å².